The smallest absolute Gasteiger partial charge is 0.187 e. The summed E-state index contributed by atoms with van der Waals surface area (Å²) in [6.45, 7) is -0.127. The van der Waals surface area contributed by atoms with E-state index in [1.165, 1.54) is 6.92 Å². The summed E-state index contributed by atoms with van der Waals surface area (Å²) in [4.78, 5) is 0. The van der Waals surface area contributed by atoms with Gasteiger partial charge in [0.2, 0.25) is 0 Å². The zero-order valence-electron chi connectivity index (χ0n) is 17.6. The van der Waals surface area contributed by atoms with Crippen molar-refractivity contribution < 1.29 is 74.7 Å². The van der Waals surface area contributed by atoms with Crippen molar-refractivity contribution >= 4 is 0 Å². The number of aliphatic hydroxyl groups is 10. The van der Waals surface area contributed by atoms with Crippen molar-refractivity contribution in [1.82, 2.24) is 0 Å². The topological polar surface area (TPSA) is 248 Å². The summed E-state index contributed by atoms with van der Waals surface area (Å²) >= 11 is 0. The van der Waals surface area contributed by atoms with Crippen LogP contribution in [-0.2, 0) is 23.7 Å². The minimum absolute atomic E-state index is 0.739. The van der Waals surface area contributed by atoms with Crippen LogP contribution in [0.4, 0.5) is 0 Å². The Morgan fingerprint density at radius 2 is 1.06 bits per heavy atom. The van der Waals surface area contributed by atoms with Gasteiger partial charge in [0.1, 0.15) is 67.1 Å². The summed E-state index contributed by atoms with van der Waals surface area (Å²) in [5, 5.41) is 99.8. The lowest BCUT2D eigenvalue weighted by molar-refractivity contribution is -0.382. The van der Waals surface area contributed by atoms with Crippen LogP contribution in [0.2, 0.25) is 0 Å². The fraction of sp³-hybridized carbons (Fsp3) is 1.00. The molecule has 3 aliphatic heterocycles. The van der Waals surface area contributed by atoms with Gasteiger partial charge in [0.05, 0.1) is 19.3 Å². The van der Waals surface area contributed by atoms with Crippen LogP contribution < -0.4 is 0 Å². The number of ether oxygens (including phenoxy) is 5. The lowest BCUT2D eigenvalue weighted by atomic mass is 9.96. The maximum Gasteiger partial charge on any atom is 0.187 e. The Kier molecular flexibility index (Phi) is 8.99. The lowest BCUT2D eigenvalue weighted by Gasteiger charge is -2.48. The molecule has 0 aromatic carbocycles. The molecule has 194 valence electrons. The van der Waals surface area contributed by atoms with Crippen LogP contribution in [0.3, 0.4) is 0 Å². The molecule has 3 fully saturated rings. The summed E-state index contributed by atoms with van der Waals surface area (Å²) in [5.74, 6) is 0. The third-order valence-electron chi connectivity index (χ3n) is 6.05. The molecule has 3 rings (SSSR count). The van der Waals surface area contributed by atoms with Crippen LogP contribution >= 0.6 is 0 Å². The van der Waals surface area contributed by atoms with Crippen molar-refractivity contribution in [2.24, 2.45) is 0 Å². The summed E-state index contributed by atoms with van der Waals surface area (Å²) in [6, 6.07) is 0. The molecular weight excluding hydrogens is 456 g/mol. The van der Waals surface area contributed by atoms with E-state index in [9.17, 15) is 51.1 Å². The highest BCUT2D eigenvalue weighted by atomic mass is 16.8. The molecule has 0 saturated carbocycles. The minimum atomic E-state index is -1.88. The molecule has 0 bridgehead atoms. The molecule has 15 atom stereocenters. The molecule has 0 amide bonds. The van der Waals surface area contributed by atoms with E-state index >= 15 is 0 Å². The van der Waals surface area contributed by atoms with Crippen molar-refractivity contribution in [3.05, 3.63) is 0 Å². The average molecular weight is 488 g/mol. The Balaban J connectivity index is 1.83. The van der Waals surface area contributed by atoms with Crippen molar-refractivity contribution in [2.45, 2.75) is 99.0 Å². The van der Waals surface area contributed by atoms with E-state index < -0.39 is 105 Å². The van der Waals surface area contributed by atoms with Gasteiger partial charge in [0, 0.05) is 0 Å². The van der Waals surface area contributed by atoms with Crippen molar-refractivity contribution in [3.63, 3.8) is 0 Å². The fourth-order valence-corrected chi connectivity index (χ4v) is 3.99. The molecular formula is C18H32O15. The minimum Gasteiger partial charge on any atom is -0.394 e. The van der Waals surface area contributed by atoms with Gasteiger partial charge in [-0.25, -0.2) is 0 Å². The van der Waals surface area contributed by atoms with Gasteiger partial charge in [0.15, 0.2) is 18.9 Å². The van der Waals surface area contributed by atoms with E-state index in [0.29, 0.717) is 0 Å². The second-order valence-electron chi connectivity index (χ2n) is 8.32. The van der Waals surface area contributed by atoms with Crippen LogP contribution in [0.25, 0.3) is 0 Å². The third-order valence-corrected chi connectivity index (χ3v) is 6.05. The van der Waals surface area contributed by atoms with Crippen LogP contribution in [0.15, 0.2) is 0 Å². The zero-order chi connectivity index (χ0) is 24.6. The van der Waals surface area contributed by atoms with Gasteiger partial charge in [-0.2, -0.15) is 0 Å². The standard InChI is InChI=1S/C18H32O15/c1-4-7(21)9(23)11(25)17(29-4)33-15-13(27)16(28)30-6(3-20)14(15)32-18-12(26)10(24)8(22)5(2-19)31-18/h4-28H,2-3H2,1H3/t4-,5-,6-,7+,8+,9+,10+,11-,12-,13-,14-,15-,16?,17-,18+/m1/s1. The SMILES string of the molecule is C[C@H]1O[C@H](O[C@H]2[C@H](O[C@@H]3O[C@H](CO)[C@H](O)[C@H](O)[C@H]3O)[C@@H](CO)OC(O)[C@@H]2O)[C@H](O)[C@@H](O)[C@H]1O. The van der Waals surface area contributed by atoms with Crippen molar-refractivity contribution in [1.29, 1.82) is 0 Å². The van der Waals surface area contributed by atoms with Crippen molar-refractivity contribution in [3.8, 4) is 0 Å². The maximum atomic E-state index is 10.5. The Morgan fingerprint density at radius 1 is 0.545 bits per heavy atom. The summed E-state index contributed by atoms with van der Waals surface area (Å²) < 4.78 is 26.9. The first-order valence-electron chi connectivity index (χ1n) is 10.4. The summed E-state index contributed by atoms with van der Waals surface area (Å²) in [6.07, 6.45) is -24.0. The van der Waals surface area contributed by atoms with Gasteiger partial charge in [0.25, 0.3) is 0 Å². The second kappa shape index (κ2) is 11.0. The largest absolute Gasteiger partial charge is 0.394 e. The van der Waals surface area contributed by atoms with Crippen LogP contribution in [0, 0.1) is 0 Å². The lowest BCUT2D eigenvalue weighted by Crippen LogP contribution is -2.66. The highest BCUT2D eigenvalue weighted by molar-refractivity contribution is 4.96. The van der Waals surface area contributed by atoms with Gasteiger partial charge in [-0.1, -0.05) is 0 Å². The van der Waals surface area contributed by atoms with E-state index in [0.717, 1.165) is 0 Å². The third kappa shape index (κ3) is 5.32. The second-order valence-corrected chi connectivity index (χ2v) is 8.32. The molecule has 1 unspecified atom stereocenters. The van der Waals surface area contributed by atoms with E-state index in [1.54, 1.807) is 0 Å². The molecule has 15 nitrogen and oxygen atoms in total. The van der Waals surface area contributed by atoms with E-state index in [4.69, 9.17) is 23.7 Å². The molecule has 33 heavy (non-hydrogen) atoms. The predicted octanol–water partition coefficient (Wildman–Crippen LogP) is -6.55. The summed E-state index contributed by atoms with van der Waals surface area (Å²) in [5.41, 5.74) is 0. The zero-order valence-corrected chi connectivity index (χ0v) is 17.6. The fourth-order valence-electron chi connectivity index (χ4n) is 3.99. The molecule has 15 heteroatoms. The molecule has 3 heterocycles. The van der Waals surface area contributed by atoms with Crippen LogP contribution in [0.1, 0.15) is 6.92 Å². The molecule has 0 aromatic heterocycles. The van der Waals surface area contributed by atoms with Gasteiger partial charge in [-0.05, 0) is 6.92 Å². The monoisotopic (exact) mass is 488 g/mol. The van der Waals surface area contributed by atoms with E-state index in [-0.39, 0.29) is 0 Å². The Labute approximate surface area is 187 Å². The molecule has 0 radical (unpaired) electrons. The Hall–Kier alpha value is -0.600. The maximum absolute atomic E-state index is 10.5. The Bertz CT molecular complexity index is 624. The first kappa shape index (κ1) is 27.0. The molecule has 3 saturated heterocycles. The molecule has 0 spiro atoms. The van der Waals surface area contributed by atoms with Gasteiger partial charge < -0.3 is 74.7 Å². The quantitative estimate of drug-likeness (QED) is 0.167. The van der Waals surface area contributed by atoms with Gasteiger partial charge >= 0.3 is 0 Å². The molecule has 3 aliphatic rings. The predicted molar refractivity (Wildman–Crippen MR) is 99.8 cm³/mol. The number of aliphatic hydroxyl groups excluding tert-OH is 10. The number of hydrogen-bond acceptors (Lipinski definition) is 15. The van der Waals surface area contributed by atoms with Gasteiger partial charge in [-0.15, -0.1) is 0 Å². The normalized spacial score (nSPS) is 53.7. The highest BCUT2D eigenvalue weighted by Gasteiger charge is 2.53. The average Bonchev–Trinajstić information content (AvgIpc) is 2.80. The number of rotatable bonds is 6. The summed E-state index contributed by atoms with van der Waals surface area (Å²) in [7, 11) is 0. The van der Waals surface area contributed by atoms with E-state index in [2.05, 4.69) is 0 Å². The molecule has 10 N–H and O–H groups in total. The number of hydrogen-bond donors (Lipinski definition) is 10. The first-order chi connectivity index (χ1) is 15.5. The first-order valence-corrected chi connectivity index (χ1v) is 10.4. The molecule has 0 aromatic rings. The molecule has 0 aliphatic carbocycles. The van der Waals surface area contributed by atoms with Gasteiger partial charge in [-0.3, -0.25) is 0 Å². The highest BCUT2D eigenvalue weighted by Crippen LogP contribution is 2.32. The Morgan fingerprint density at radius 3 is 1.64 bits per heavy atom. The van der Waals surface area contributed by atoms with Crippen molar-refractivity contribution in [2.75, 3.05) is 13.2 Å². The van der Waals surface area contributed by atoms with Crippen LogP contribution in [0.5, 0.6) is 0 Å². The van der Waals surface area contributed by atoms with Crippen LogP contribution in [-0.4, -0.2) is 156 Å². The van der Waals surface area contributed by atoms with E-state index in [1.807, 2.05) is 0 Å².